The molecular weight excluding hydrogens is 384 g/mol. The smallest absolute Gasteiger partial charge is 0.344 e. The fraction of sp³-hybridized carbons (Fsp3) is 0.0800. The Labute approximate surface area is 173 Å². The van der Waals surface area contributed by atoms with Crippen LogP contribution in [0.4, 0.5) is 0 Å². The fourth-order valence-electron chi connectivity index (χ4n) is 3.27. The molecule has 0 radical (unpaired) electrons. The zero-order valence-corrected chi connectivity index (χ0v) is 16.6. The van der Waals surface area contributed by atoms with Gasteiger partial charge in [-0.3, -0.25) is 0 Å². The van der Waals surface area contributed by atoms with E-state index in [1.165, 1.54) is 0 Å². The molecule has 0 aliphatic rings. The Hall–Kier alpha value is -3.30. The van der Waals surface area contributed by atoms with E-state index in [2.05, 4.69) is 0 Å². The first-order valence-corrected chi connectivity index (χ1v) is 9.67. The zero-order chi connectivity index (χ0) is 20.2. The van der Waals surface area contributed by atoms with Crippen molar-refractivity contribution in [3.8, 4) is 16.9 Å². The molecule has 0 spiro atoms. The number of rotatable bonds is 5. The van der Waals surface area contributed by atoms with E-state index < -0.39 is 0 Å². The van der Waals surface area contributed by atoms with Crippen molar-refractivity contribution in [1.29, 1.82) is 0 Å². The van der Waals surface area contributed by atoms with Crippen molar-refractivity contribution < 1.29 is 9.15 Å². The average molecular weight is 403 g/mol. The van der Waals surface area contributed by atoms with Gasteiger partial charge in [0.15, 0.2) is 0 Å². The summed E-state index contributed by atoms with van der Waals surface area (Å²) in [5.41, 5.74) is 3.45. The second-order valence-electron chi connectivity index (χ2n) is 6.68. The van der Waals surface area contributed by atoms with Crippen LogP contribution in [0.5, 0.6) is 5.75 Å². The molecule has 144 valence electrons. The van der Waals surface area contributed by atoms with E-state index in [0.717, 1.165) is 22.1 Å². The molecular formula is C25H19ClO3. The maximum absolute atomic E-state index is 12.6. The van der Waals surface area contributed by atoms with E-state index in [9.17, 15) is 4.79 Å². The molecule has 3 nitrogen and oxygen atoms in total. The quantitative estimate of drug-likeness (QED) is 0.357. The summed E-state index contributed by atoms with van der Waals surface area (Å²) < 4.78 is 11.4. The summed E-state index contributed by atoms with van der Waals surface area (Å²) in [7, 11) is 0. The van der Waals surface area contributed by atoms with Crippen LogP contribution in [-0.2, 0) is 0 Å². The molecule has 3 aromatic carbocycles. The van der Waals surface area contributed by atoms with Crippen molar-refractivity contribution in [2.75, 3.05) is 6.61 Å². The topological polar surface area (TPSA) is 39.4 Å². The minimum Gasteiger partial charge on any atom is -0.489 e. The number of halogens is 1. The third kappa shape index (κ3) is 4.25. The van der Waals surface area contributed by atoms with Crippen molar-refractivity contribution in [2.24, 2.45) is 0 Å². The van der Waals surface area contributed by atoms with Gasteiger partial charge in [-0.05, 0) is 54.0 Å². The highest BCUT2D eigenvalue weighted by atomic mass is 35.5. The van der Waals surface area contributed by atoms with Crippen LogP contribution in [0.15, 0.2) is 88.1 Å². The lowest BCUT2D eigenvalue weighted by Crippen LogP contribution is -2.06. The second-order valence-corrected chi connectivity index (χ2v) is 7.11. The van der Waals surface area contributed by atoms with Gasteiger partial charge < -0.3 is 9.15 Å². The van der Waals surface area contributed by atoms with Gasteiger partial charge in [0.1, 0.15) is 17.9 Å². The first kappa shape index (κ1) is 19.0. The first-order chi connectivity index (χ1) is 14.1. The van der Waals surface area contributed by atoms with Gasteiger partial charge in [0.05, 0.1) is 5.56 Å². The van der Waals surface area contributed by atoms with Crippen LogP contribution in [0, 0.1) is 6.92 Å². The van der Waals surface area contributed by atoms with Crippen molar-refractivity contribution >= 4 is 28.6 Å². The van der Waals surface area contributed by atoms with Gasteiger partial charge in [-0.25, -0.2) is 4.79 Å². The predicted octanol–water partition coefficient (Wildman–Crippen LogP) is 6.51. The number of ether oxygens (including phenoxy) is 1. The lowest BCUT2D eigenvalue weighted by atomic mass is 10.00. The summed E-state index contributed by atoms with van der Waals surface area (Å²) in [6, 6.07) is 22.8. The van der Waals surface area contributed by atoms with Crippen LogP contribution >= 0.6 is 11.6 Å². The van der Waals surface area contributed by atoms with E-state index in [1.807, 2.05) is 73.7 Å². The third-order valence-corrected chi connectivity index (χ3v) is 4.98. The average Bonchev–Trinajstić information content (AvgIpc) is 2.73. The normalized spacial score (nSPS) is 11.2. The van der Waals surface area contributed by atoms with Crippen molar-refractivity contribution in [3.63, 3.8) is 0 Å². The number of fused-ring (bicyclic) bond motifs is 1. The van der Waals surface area contributed by atoms with Crippen molar-refractivity contribution in [2.45, 2.75) is 6.92 Å². The Balaban J connectivity index is 1.58. The van der Waals surface area contributed by atoms with E-state index in [1.54, 1.807) is 18.2 Å². The van der Waals surface area contributed by atoms with E-state index in [4.69, 9.17) is 20.8 Å². The van der Waals surface area contributed by atoms with Gasteiger partial charge in [0.25, 0.3) is 0 Å². The molecule has 0 saturated carbocycles. The minimum absolute atomic E-state index is 0.376. The Morgan fingerprint density at radius 1 is 1.00 bits per heavy atom. The Bertz CT molecular complexity index is 1220. The summed E-state index contributed by atoms with van der Waals surface area (Å²) in [6.07, 6.45) is 3.95. The standard InChI is InChI=1S/C25H19ClO3/c1-17-22-14-13-21(28-15-5-8-18-6-3-2-4-7-18)16-23(22)29-25(27)24(17)19-9-11-20(26)12-10-19/h2-14,16H,15H2,1H3/b8-5+. The highest BCUT2D eigenvalue weighted by Crippen LogP contribution is 2.29. The Kier molecular flexibility index (Phi) is 5.50. The number of aryl methyl sites for hydroxylation is 1. The van der Waals surface area contributed by atoms with Gasteiger partial charge in [-0.1, -0.05) is 60.1 Å². The molecule has 0 N–H and O–H groups in total. The molecule has 0 atom stereocenters. The molecule has 1 aromatic heterocycles. The second kappa shape index (κ2) is 8.38. The molecule has 0 saturated heterocycles. The fourth-order valence-corrected chi connectivity index (χ4v) is 3.39. The van der Waals surface area contributed by atoms with E-state index >= 15 is 0 Å². The molecule has 4 aromatic rings. The number of hydrogen-bond acceptors (Lipinski definition) is 3. The van der Waals surface area contributed by atoms with Crippen LogP contribution in [0.1, 0.15) is 11.1 Å². The molecule has 1 heterocycles. The molecule has 0 fully saturated rings. The maximum atomic E-state index is 12.6. The lowest BCUT2D eigenvalue weighted by Gasteiger charge is -2.10. The third-order valence-electron chi connectivity index (χ3n) is 4.73. The molecule has 0 aliphatic carbocycles. The SMILES string of the molecule is Cc1c(-c2ccc(Cl)cc2)c(=O)oc2cc(OC/C=C/c3ccccc3)ccc12. The molecule has 4 heteroatoms. The van der Waals surface area contributed by atoms with Crippen LogP contribution < -0.4 is 10.4 Å². The van der Waals surface area contributed by atoms with Crippen LogP contribution in [0.3, 0.4) is 0 Å². The van der Waals surface area contributed by atoms with Gasteiger partial charge in [0, 0.05) is 16.5 Å². The molecule has 0 bridgehead atoms. The van der Waals surface area contributed by atoms with Gasteiger partial charge in [-0.2, -0.15) is 0 Å². The van der Waals surface area contributed by atoms with Crippen molar-refractivity contribution in [1.82, 2.24) is 0 Å². The van der Waals surface area contributed by atoms with E-state index in [-0.39, 0.29) is 5.63 Å². The highest BCUT2D eigenvalue weighted by molar-refractivity contribution is 6.30. The Morgan fingerprint density at radius 2 is 1.76 bits per heavy atom. The Morgan fingerprint density at radius 3 is 2.52 bits per heavy atom. The summed E-state index contributed by atoms with van der Waals surface area (Å²) in [5.74, 6) is 0.650. The van der Waals surface area contributed by atoms with Crippen LogP contribution in [-0.4, -0.2) is 6.61 Å². The molecule has 29 heavy (non-hydrogen) atoms. The molecule has 0 amide bonds. The summed E-state index contributed by atoms with van der Waals surface area (Å²) in [6.45, 7) is 2.35. The summed E-state index contributed by atoms with van der Waals surface area (Å²) in [4.78, 5) is 12.6. The van der Waals surface area contributed by atoms with Gasteiger partial charge in [-0.15, -0.1) is 0 Å². The number of benzene rings is 3. The minimum atomic E-state index is -0.376. The zero-order valence-electron chi connectivity index (χ0n) is 15.9. The summed E-state index contributed by atoms with van der Waals surface area (Å²) >= 11 is 5.96. The maximum Gasteiger partial charge on any atom is 0.344 e. The molecule has 0 aliphatic heterocycles. The molecule has 4 rings (SSSR count). The highest BCUT2D eigenvalue weighted by Gasteiger charge is 2.14. The summed E-state index contributed by atoms with van der Waals surface area (Å²) in [5, 5.41) is 1.50. The van der Waals surface area contributed by atoms with Crippen molar-refractivity contribution in [3.05, 3.63) is 105 Å². The van der Waals surface area contributed by atoms with Gasteiger partial charge >= 0.3 is 5.63 Å². The van der Waals surface area contributed by atoms with Crippen LogP contribution in [0.2, 0.25) is 5.02 Å². The molecule has 0 unspecified atom stereocenters. The monoisotopic (exact) mass is 402 g/mol. The lowest BCUT2D eigenvalue weighted by molar-refractivity contribution is 0.363. The number of hydrogen-bond donors (Lipinski definition) is 0. The van der Waals surface area contributed by atoms with E-state index in [0.29, 0.717) is 28.5 Å². The van der Waals surface area contributed by atoms with Gasteiger partial charge in [0.2, 0.25) is 0 Å². The first-order valence-electron chi connectivity index (χ1n) is 9.29. The predicted molar refractivity (Wildman–Crippen MR) is 119 cm³/mol. The van der Waals surface area contributed by atoms with Crippen LogP contribution in [0.25, 0.3) is 28.2 Å². The largest absolute Gasteiger partial charge is 0.489 e.